The average Bonchev–Trinajstić information content (AvgIpc) is 3.11. The number of ether oxygens (including phenoxy) is 1. The highest BCUT2D eigenvalue weighted by Crippen LogP contribution is 2.20. The predicted octanol–water partition coefficient (Wildman–Crippen LogP) is 3.16. The highest BCUT2D eigenvalue weighted by Gasteiger charge is 2.28. The molecule has 1 aliphatic rings. The van der Waals surface area contributed by atoms with E-state index >= 15 is 0 Å². The molecule has 1 amide bonds. The van der Waals surface area contributed by atoms with Crippen LogP contribution >= 0.6 is 11.6 Å². The molecule has 5 nitrogen and oxygen atoms in total. The van der Waals surface area contributed by atoms with Crippen LogP contribution in [-0.4, -0.2) is 24.8 Å². The number of hydrogen-bond acceptors (Lipinski definition) is 4. The van der Waals surface area contributed by atoms with Crippen LogP contribution < -0.4 is 10.1 Å². The van der Waals surface area contributed by atoms with Crippen LogP contribution in [0.25, 0.3) is 0 Å². The van der Waals surface area contributed by atoms with Gasteiger partial charge in [0.2, 0.25) is 6.10 Å². The van der Waals surface area contributed by atoms with Gasteiger partial charge in [-0.1, -0.05) is 35.0 Å². The highest BCUT2D eigenvalue weighted by atomic mass is 35.5. The van der Waals surface area contributed by atoms with Gasteiger partial charge in [0, 0.05) is 18.0 Å². The maximum Gasteiger partial charge on any atom is 0.264 e. The van der Waals surface area contributed by atoms with E-state index in [-0.39, 0.29) is 5.91 Å². The summed E-state index contributed by atoms with van der Waals surface area (Å²) >= 11 is 6.08. The van der Waals surface area contributed by atoms with E-state index in [4.69, 9.17) is 21.2 Å². The quantitative estimate of drug-likeness (QED) is 0.906. The molecule has 0 spiro atoms. The first-order valence-corrected chi connectivity index (χ1v) is 7.93. The molecular formula is C18H17ClN2O3. The molecule has 1 unspecified atom stereocenters. The lowest BCUT2D eigenvalue weighted by molar-refractivity contribution is -0.131. The summed E-state index contributed by atoms with van der Waals surface area (Å²) in [5.41, 5.74) is 2.52. The first kappa shape index (κ1) is 16.3. The summed E-state index contributed by atoms with van der Waals surface area (Å²) in [6, 6.07) is 14.9. The molecular weight excluding hydrogens is 328 g/mol. The summed E-state index contributed by atoms with van der Waals surface area (Å²) in [4.78, 5) is 17.5. The van der Waals surface area contributed by atoms with Crippen molar-refractivity contribution in [2.45, 2.75) is 19.1 Å². The summed E-state index contributed by atoms with van der Waals surface area (Å²) in [6.45, 7) is 0.357. The fraction of sp³-hybridized carbons (Fsp3) is 0.222. The first-order chi connectivity index (χ1) is 11.7. The Morgan fingerprint density at radius 3 is 2.75 bits per heavy atom. The SMILES string of the molecule is COc1ccc(C2=NOC(C(=O)NCc3ccccc3Cl)C2)cc1. The number of nitrogens with one attached hydrogen (secondary N) is 1. The van der Waals surface area contributed by atoms with Gasteiger partial charge in [0.15, 0.2) is 0 Å². The maximum atomic E-state index is 12.2. The van der Waals surface area contributed by atoms with Crippen molar-refractivity contribution < 1.29 is 14.4 Å². The monoisotopic (exact) mass is 344 g/mol. The molecule has 0 aromatic heterocycles. The zero-order chi connectivity index (χ0) is 16.9. The molecule has 0 radical (unpaired) electrons. The smallest absolute Gasteiger partial charge is 0.264 e. The van der Waals surface area contributed by atoms with Crippen LogP contribution in [0.3, 0.4) is 0 Å². The lowest BCUT2D eigenvalue weighted by Crippen LogP contribution is -2.34. The topological polar surface area (TPSA) is 59.9 Å². The zero-order valence-electron chi connectivity index (χ0n) is 13.2. The molecule has 0 aliphatic carbocycles. The molecule has 2 aromatic rings. The molecule has 3 rings (SSSR count). The number of benzene rings is 2. The molecule has 0 saturated carbocycles. The van der Waals surface area contributed by atoms with E-state index in [0.29, 0.717) is 18.0 Å². The van der Waals surface area contributed by atoms with Gasteiger partial charge in [-0.2, -0.15) is 0 Å². The van der Waals surface area contributed by atoms with E-state index in [2.05, 4.69) is 10.5 Å². The van der Waals surface area contributed by atoms with Crippen molar-refractivity contribution in [3.05, 3.63) is 64.7 Å². The van der Waals surface area contributed by atoms with Gasteiger partial charge in [-0.05, 0) is 41.5 Å². The number of methoxy groups -OCH3 is 1. The van der Waals surface area contributed by atoms with Gasteiger partial charge >= 0.3 is 0 Å². The third-order valence-electron chi connectivity index (χ3n) is 3.80. The Morgan fingerprint density at radius 2 is 2.04 bits per heavy atom. The van der Waals surface area contributed by atoms with E-state index in [1.165, 1.54) is 0 Å². The highest BCUT2D eigenvalue weighted by molar-refractivity contribution is 6.31. The van der Waals surface area contributed by atoms with Gasteiger partial charge < -0.3 is 14.9 Å². The Balaban J connectivity index is 1.56. The van der Waals surface area contributed by atoms with Crippen molar-refractivity contribution >= 4 is 23.2 Å². The number of carbonyl (C=O) groups is 1. The molecule has 6 heteroatoms. The number of carbonyl (C=O) groups excluding carboxylic acids is 1. The van der Waals surface area contributed by atoms with Crippen LogP contribution in [0.15, 0.2) is 53.7 Å². The van der Waals surface area contributed by atoms with Crippen LogP contribution in [0.1, 0.15) is 17.5 Å². The number of amides is 1. The van der Waals surface area contributed by atoms with Crippen LogP contribution in [0, 0.1) is 0 Å². The predicted molar refractivity (Wildman–Crippen MR) is 92.3 cm³/mol. The van der Waals surface area contributed by atoms with E-state index in [9.17, 15) is 4.79 Å². The molecule has 1 N–H and O–H groups in total. The molecule has 1 atom stereocenters. The molecule has 1 aliphatic heterocycles. The summed E-state index contributed by atoms with van der Waals surface area (Å²) in [5, 5.41) is 7.48. The number of halogens is 1. The number of nitrogens with zero attached hydrogens (tertiary/aromatic N) is 1. The Morgan fingerprint density at radius 1 is 1.29 bits per heavy atom. The van der Waals surface area contributed by atoms with Gasteiger partial charge in [0.25, 0.3) is 5.91 Å². The third kappa shape index (κ3) is 3.68. The van der Waals surface area contributed by atoms with Crippen molar-refractivity contribution in [1.29, 1.82) is 0 Å². The first-order valence-electron chi connectivity index (χ1n) is 7.55. The van der Waals surface area contributed by atoms with E-state index < -0.39 is 6.10 Å². The average molecular weight is 345 g/mol. The Kier molecular flexibility index (Phi) is 5.01. The minimum Gasteiger partial charge on any atom is -0.497 e. The lowest BCUT2D eigenvalue weighted by Gasteiger charge is -2.10. The lowest BCUT2D eigenvalue weighted by atomic mass is 10.0. The molecule has 24 heavy (non-hydrogen) atoms. The number of rotatable bonds is 5. The van der Waals surface area contributed by atoms with Crippen molar-refractivity contribution in [1.82, 2.24) is 5.32 Å². The summed E-state index contributed by atoms with van der Waals surface area (Å²) in [6.07, 6.45) is -0.190. The molecule has 0 saturated heterocycles. The standard InChI is InChI=1S/C18H17ClN2O3/c1-23-14-8-6-12(7-9-14)16-10-17(24-21-16)18(22)20-11-13-4-2-3-5-15(13)19/h2-9,17H,10-11H2,1H3,(H,20,22). The summed E-state index contributed by atoms with van der Waals surface area (Å²) in [5.74, 6) is 0.564. The van der Waals surface area contributed by atoms with Crippen LogP contribution in [0.5, 0.6) is 5.75 Å². The summed E-state index contributed by atoms with van der Waals surface area (Å²) < 4.78 is 5.13. The van der Waals surface area contributed by atoms with Gasteiger partial charge in [-0.25, -0.2) is 0 Å². The van der Waals surface area contributed by atoms with Crippen LogP contribution in [0.2, 0.25) is 5.02 Å². The van der Waals surface area contributed by atoms with Crippen molar-refractivity contribution in [2.75, 3.05) is 7.11 Å². The molecule has 1 heterocycles. The Bertz CT molecular complexity index is 759. The van der Waals surface area contributed by atoms with Crippen molar-refractivity contribution in [3.63, 3.8) is 0 Å². The summed E-state index contributed by atoms with van der Waals surface area (Å²) in [7, 11) is 1.62. The fourth-order valence-corrected chi connectivity index (χ4v) is 2.61. The van der Waals surface area contributed by atoms with Gasteiger partial charge in [0.1, 0.15) is 5.75 Å². The van der Waals surface area contributed by atoms with E-state index in [1.54, 1.807) is 13.2 Å². The zero-order valence-corrected chi connectivity index (χ0v) is 13.9. The molecule has 0 fully saturated rings. The van der Waals surface area contributed by atoms with E-state index in [1.807, 2.05) is 42.5 Å². The van der Waals surface area contributed by atoms with Crippen molar-refractivity contribution in [2.24, 2.45) is 5.16 Å². The Labute approximate surface area is 145 Å². The number of hydrogen-bond donors (Lipinski definition) is 1. The molecule has 0 bridgehead atoms. The van der Waals surface area contributed by atoms with E-state index in [0.717, 1.165) is 22.6 Å². The van der Waals surface area contributed by atoms with Crippen molar-refractivity contribution in [3.8, 4) is 5.75 Å². The van der Waals surface area contributed by atoms with Crippen LogP contribution in [0.4, 0.5) is 0 Å². The van der Waals surface area contributed by atoms with Crippen LogP contribution in [-0.2, 0) is 16.2 Å². The third-order valence-corrected chi connectivity index (χ3v) is 4.16. The second-order valence-electron chi connectivity index (χ2n) is 5.37. The second kappa shape index (κ2) is 7.36. The van der Waals surface area contributed by atoms with Gasteiger partial charge in [0.05, 0.1) is 12.8 Å². The minimum atomic E-state index is -0.621. The van der Waals surface area contributed by atoms with Gasteiger partial charge in [-0.15, -0.1) is 0 Å². The van der Waals surface area contributed by atoms with Gasteiger partial charge in [-0.3, -0.25) is 4.79 Å². The molecule has 2 aromatic carbocycles. The fourth-order valence-electron chi connectivity index (χ4n) is 2.41. The second-order valence-corrected chi connectivity index (χ2v) is 5.78. The number of oxime groups is 1. The minimum absolute atomic E-state index is 0.206. The molecule has 124 valence electrons. The maximum absolute atomic E-state index is 12.2. The largest absolute Gasteiger partial charge is 0.497 e. The Hall–Kier alpha value is -2.53. The normalized spacial score (nSPS) is 16.2.